The highest BCUT2D eigenvalue weighted by Crippen LogP contribution is 2.17. The number of halogens is 1. The van der Waals surface area contributed by atoms with E-state index in [1.807, 2.05) is 0 Å². The van der Waals surface area contributed by atoms with Gasteiger partial charge >= 0.3 is 0 Å². The Balaban J connectivity index is 0.000001000. The molecule has 0 fully saturated rings. The fourth-order valence-electron chi connectivity index (χ4n) is 1.29. The first kappa shape index (κ1) is 11.2. The average molecular weight is 264 g/mol. The second kappa shape index (κ2) is 5.81. The van der Waals surface area contributed by atoms with Crippen molar-refractivity contribution >= 4 is 24.0 Å². The van der Waals surface area contributed by atoms with Gasteiger partial charge in [0.1, 0.15) is 0 Å². The van der Waals surface area contributed by atoms with E-state index in [0.29, 0.717) is 0 Å². The van der Waals surface area contributed by atoms with Crippen LogP contribution in [0, 0.1) is 5.92 Å². The lowest BCUT2D eigenvalue weighted by atomic mass is 9.98. The normalized spacial score (nSPS) is 16.1. The summed E-state index contributed by atoms with van der Waals surface area (Å²) in [6, 6.07) is 0. The van der Waals surface area contributed by atoms with Crippen LogP contribution in [0.4, 0.5) is 0 Å². The van der Waals surface area contributed by atoms with Crippen molar-refractivity contribution in [1.82, 2.24) is 0 Å². The summed E-state index contributed by atoms with van der Waals surface area (Å²) in [7, 11) is 0. The van der Waals surface area contributed by atoms with Crippen molar-refractivity contribution < 1.29 is 0 Å². The van der Waals surface area contributed by atoms with Crippen molar-refractivity contribution in [2.24, 2.45) is 5.92 Å². The lowest BCUT2D eigenvalue weighted by Gasteiger charge is -2.08. The van der Waals surface area contributed by atoms with Crippen LogP contribution in [0.15, 0.2) is 23.8 Å². The maximum Gasteiger partial charge on any atom is -0.0259 e. The van der Waals surface area contributed by atoms with E-state index < -0.39 is 0 Å². The van der Waals surface area contributed by atoms with E-state index in [2.05, 4.69) is 32.1 Å². The Morgan fingerprint density at radius 3 is 2.55 bits per heavy atom. The van der Waals surface area contributed by atoms with Crippen molar-refractivity contribution in [3.05, 3.63) is 23.8 Å². The van der Waals surface area contributed by atoms with Gasteiger partial charge in [0.2, 0.25) is 0 Å². The molecule has 0 N–H and O–H groups in total. The zero-order valence-corrected chi connectivity index (χ0v) is 9.67. The number of rotatable bonds is 2. The predicted octanol–water partition coefficient (Wildman–Crippen LogP) is 3.93. The highest BCUT2D eigenvalue weighted by atomic mass is 127. The summed E-state index contributed by atoms with van der Waals surface area (Å²) < 4.78 is 0. The van der Waals surface area contributed by atoms with Crippen LogP contribution in [0.25, 0.3) is 0 Å². The SMILES string of the molecule is CC(C)CC1=CCCC=C1.I. The van der Waals surface area contributed by atoms with Crippen LogP contribution in [0.3, 0.4) is 0 Å². The molecule has 0 unspecified atom stereocenters. The zero-order valence-electron chi connectivity index (χ0n) is 7.34. The molecule has 0 saturated heterocycles. The van der Waals surface area contributed by atoms with Gasteiger partial charge in [-0.2, -0.15) is 0 Å². The van der Waals surface area contributed by atoms with Crippen LogP contribution in [-0.4, -0.2) is 0 Å². The Kier molecular flexibility index (Phi) is 5.92. The lowest BCUT2D eigenvalue weighted by molar-refractivity contribution is 0.646. The third-order valence-corrected chi connectivity index (χ3v) is 1.72. The second-order valence-electron chi connectivity index (χ2n) is 3.36. The van der Waals surface area contributed by atoms with Gasteiger partial charge in [-0.3, -0.25) is 0 Å². The van der Waals surface area contributed by atoms with Crippen molar-refractivity contribution in [2.75, 3.05) is 0 Å². The molecule has 0 amide bonds. The van der Waals surface area contributed by atoms with Crippen molar-refractivity contribution in [1.29, 1.82) is 0 Å². The summed E-state index contributed by atoms with van der Waals surface area (Å²) in [6.07, 6.45) is 10.6. The largest absolute Gasteiger partial charge is 0.107 e. The molecule has 0 radical (unpaired) electrons. The number of hydrogen-bond donors (Lipinski definition) is 0. The summed E-state index contributed by atoms with van der Waals surface area (Å²) >= 11 is 0. The van der Waals surface area contributed by atoms with Gasteiger partial charge in [-0.25, -0.2) is 0 Å². The van der Waals surface area contributed by atoms with Gasteiger partial charge in [0.05, 0.1) is 0 Å². The molecule has 0 aliphatic heterocycles. The lowest BCUT2D eigenvalue weighted by Crippen LogP contribution is -1.91. The summed E-state index contributed by atoms with van der Waals surface area (Å²) in [5, 5.41) is 0. The quantitative estimate of drug-likeness (QED) is 0.663. The van der Waals surface area contributed by atoms with E-state index in [1.54, 1.807) is 0 Å². The molecule has 0 aromatic heterocycles. The molecular weight excluding hydrogens is 247 g/mol. The van der Waals surface area contributed by atoms with Gasteiger partial charge in [-0.05, 0) is 25.2 Å². The molecule has 0 saturated carbocycles. The van der Waals surface area contributed by atoms with Crippen LogP contribution in [0.2, 0.25) is 0 Å². The molecular formula is C10H17I. The third kappa shape index (κ3) is 4.62. The molecule has 0 atom stereocenters. The summed E-state index contributed by atoms with van der Waals surface area (Å²) in [5.41, 5.74) is 1.53. The minimum absolute atomic E-state index is 0. The molecule has 1 aliphatic rings. The first-order chi connectivity index (χ1) is 4.79. The Hall–Kier alpha value is 0.210. The van der Waals surface area contributed by atoms with E-state index in [9.17, 15) is 0 Å². The van der Waals surface area contributed by atoms with Gasteiger partial charge in [0, 0.05) is 0 Å². The molecule has 1 heteroatoms. The summed E-state index contributed by atoms with van der Waals surface area (Å²) in [5.74, 6) is 0.800. The monoisotopic (exact) mass is 264 g/mol. The Bertz CT molecular complexity index is 154. The molecule has 11 heavy (non-hydrogen) atoms. The molecule has 0 spiro atoms. The number of hydrogen-bond acceptors (Lipinski definition) is 0. The van der Waals surface area contributed by atoms with E-state index in [0.717, 1.165) is 5.92 Å². The van der Waals surface area contributed by atoms with Gasteiger partial charge in [-0.15, -0.1) is 24.0 Å². The minimum Gasteiger partial charge on any atom is -0.107 e. The maximum absolute atomic E-state index is 2.36. The van der Waals surface area contributed by atoms with E-state index in [4.69, 9.17) is 0 Å². The summed E-state index contributed by atoms with van der Waals surface area (Å²) in [6.45, 7) is 4.53. The Morgan fingerprint density at radius 1 is 1.36 bits per heavy atom. The highest BCUT2D eigenvalue weighted by Gasteiger charge is 1.99. The Morgan fingerprint density at radius 2 is 2.09 bits per heavy atom. The zero-order chi connectivity index (χ0) is 7.40. The first-order valence-corrected chi connectivity index (χ1v) is 4.14. The van der Waals surface area contributed by atoms with Crippen LogP contribution >= 0.6 is 24.0 Å². The molecule has 0 aromatic carbocycles. The highest BCUT2D eigenvalue weighted by molar-refractivity contribution is 14.0. The Labute approximate surface area is 86.8 Å². The van der Waals surface area contributed by atoms with E-state index in [1.165, 1.54) is 24.8 Å². The van der Waals surface area contributed by atoms with Crippen LogP contribution in [0.1, 0.15) is 33.1 Å². The molecule has 1 rings (SSSR count). The van der Waals surface area contributed by atoms with Crippen LogP contribution in [0.5, 0.6) is 0 Å². The topological polar surface area (TPSA) is 0 Å². The minimum atomic E-state index is 0. The van der Waals surface area contributed by atoms with Crippen molar-refractivity contribution in [3.63, 3.8) is 0 Å². The average Bonchev–Trinajstić information content (AvgIpc) is 1.88. The second-order valence-corrected chi connectivity index (χ2v) is 3.36. The van der Waals surface area contributed by atoms with Gasteiger partial charge in [-0.1, -0.05) is 37.6 Å². The maximum atomic E-state index is 2.36. The van der Waals surface area contributed by atoms with E-state index >= 15 is 0 Å². The fourth-order valence-corrected chi connectivity index (χ4v) is 1.29. The molecule has 0 aromatic rings. The molecule has 0 bridgehead atoms. The number of allylic oxidation sites excluding steroid dienone is 4. The van der Waals surface area contributed by atoms with Gasteiger partial charge in [0.15, 0.2) is 0 Å². The smallest absolute Gasteiger partial charge is 0.0259 e. The summed E-state index contributed by atoms with van der Waals surface area (Å²) in [4.78, 5) is 0. The predicted molar refractivity (Wildman–Crippen MR) is 61.3 cm³/mol. The van der Waals surface area contributed by atoms with Crippen molar-refractivity contribution in [2.45, 2.75) is 33.1 Å². The van der Waals surface area contributed by atoms with Crippen LogP contribution < -0.4 is 0 Å². The van der Waals surface area contributed by atoms with Gasteiger partial charge < -0.3 is 0 Å². The molecule has 64 valence electrons. The van der Waals surface area contributed by atoms with Gasteiger partial charge in [0.25, 0.3) is 0 Å². The molecule has 1 aliphatic carbocycles. The van der Waals surface area contributed by atoms with Crippen LogP contribution in [-0.2, 0) is 0 Å². The van der Waals surface area contributed by atoms with E-state index in [-0.39, 0.29) is 24.0 Å². The van der Waals surface area contributed by atoms with Crippen molar-refractivity contribution in [3.8, 4) is 0 Å². The molecule has 0 heterocycles. The standard InChI is InChI=1S/C10H16.HI/c1-9(2)8-10-6-4-3-5-7-10;/h4,6-7,9H,3,5,8H2,1-2H3;1H. The first-order valence-electron chi connectivity index (χ1n) is 4.14. The molecule has 0 nitrogen and oxygen atoms in total. The fraction of sp³-hybridized carbons (Fsp3) is 0.600. The third-order valence-electron chi connectivity index (χ3n) is 1.72.